The van der Waals surface area contributed by atoms with Crippen LogP contribution in [0, 0.1) is 0 Å². The van der Waals surface area contributed by atoms with Crippen LogP contribution in [0.25, 0.3) is 0 Å². The smallest absolute Gasteiger partial charge is 0.213 e. The molecular formula is C17H17N3O2. The number of aliphatic hydroxyl groups is 1. The van der Waals surface area contributed by atoms with Gasteiger partial charge < -0.3 is 14.4 Å². The highest BCUT2D eigenvalue weighted by Gasteiger charge is 2.16. The van der Waals surface area contributed by atoms with Crippen molar-refractivity contribution < 1.29 is 9.84 Å². The summed E-state index contributed by atoms with van der Waals surface area (Å²) in [5.74, 6) is 1.17. The molecule has 2 aromatic heterocycles. The number of hydrogen-bond donors (Lipinski definition) is 1. The Morgan fingerprint density at radius 3 is 2.73 bits per heavy atom. The summed E-state index contributed by atoms with van der Waals surface area (Å²) in [6, 6.07) is 15.1. The van der Waals surface area contributed by atoms with Gasteiger partial charge in [0.2, 0.25) is 5.88 Å². The van der Waals surface area contributed by atoms with Gasteiger partial charge in [-0.1, -0.05) is 36.4 Å². The summed E-state index contributed by atoms with van der Waals surface area (Å²) in [7, 11) is 1.59. The molecule has 5 nitrogen and oxygen atoms in total. The Balaban J connectivity index is 1.86. The molecule has 0 spiro atoms. The SMILES string of the molecule is COc1cccc(Cn2ccnc2[C@@H](O)c2ccccc2)n1. The molecule has 0 amide bonds. The number of rotatable bonds is 5. The largest absolute Gasteiger partial charge is 0.481 e. The van der Waals surface area contributed by atoms with Crippen LogP contribution in [-0.4, -0.2) is 26.8 Å². The van der Waals surface area contributed by atoms with E-state index in [4.69, 9.17) is 4.74 Å². The Hall–Kier alpha value is -2.66. The second-order valence-electron chi connectivity index (χ2n) is 4.90. The Labute approximate surface area is 128 Å². The molecule has 3 aromatic rings. The number of benzene rings is 1. The van der Waals surface area contributed by atoms with E-state index < -0.39 is 6.10 Å². The van der Waals surface area contributed by atoms with Crippen LogP contribution in [0.15, 0.2) is 60.9 Å². The van der Waals surface area contributed by atoms with E-state index in [1.54, 1.807) is 19.4 Å². The van der Waals surface area contributed by atoms with E-state index in [-0.39, 0.29) is 0 Å². The van der Waals surface area contributed by atoms with Crippen LogP contribution in [0.2, 0.25) is 0 Å². The van der Waals surface area contributed by atoms with Crippen molar-refractivity contribution in [2.45, 2.75) is 12.6 Å². The first-order valence-electron chi connectivity index (χ1n) is 7.02. The first-order chi connectivity index (χ1) is 10.8. The van der Waals surface area contributed by atoms with Gasteiger partial charge in [-0.05, 0) is 11.6 Å². The van der Waals surface area contributed by atoms with Crippen LogP contribution in [0.3, 0.4) is 0 Å². The van der Waals surface area contributed by atoms with Gasteiger partial charge in [0.25, 0.3) is 0 Å². The predicted molar refractivity (Wildman–Crippen MR) is 82.6 cm³/mol. The lowest BCUT2D eigenvalue weighted by Crippen LogP contribution is -2.11. The fourth-order valence-electron chi connectivity index (χ4n) is 2.32. The molecule has 2 heterocycles. The third kappa shape index (κ3) is 2.99. The Morgan fingerprint density at radius 2 is 1.95 bits per heavy atom. The van der Waals surface area contributed by atoms with E-state index in [9.17, 15) is 5.11 Å². The first kappa shape index (κ1) is 14.3. The van der Waals surface area contributed by atoms with E-state index in [1.165, 1.54) is 0 Å². The van der Waals surface area contributed by atoms with Gasteiger partial charge in [0.05, 0.1) is 19.3 Å². The zero-order valence-electron chi connectivity index (χ0n) is 12.3. The topological polar surface area (TPSA) is 60.2 Å². The minimum Gasteiger partial charge on any atom is -0.481 e. The Bertz CT molecular complexity index is 740. The van der Waals surface area contributed by atoms with Crippen LogP contribution in [0.4, 0.5) is 0 Å². The summed E-state index contributed by atoms with van der Waals surface area (Å²) in [4.78, 5) is 8.67. The van der Waals surface area contributed by atoms with Crippen molar-refractivity contribution in [1.29, 1.82) is 0 Å². The molecule has 0 aliphatic heterocycles. The average molecular weight is 295 g/mol. The molecule has 0 aliphatic carbocycles. The molecule has 1 N–H and O–H groups in total. The van der Waals surface area contributed by atoms with E-state index >= 15 is 0 Å². The van der Waals surface area contributed by atoms with Crippen molar-refractivity contribution in [3.63, 3.8) is 0 Å². The molecule has 1 atom stereocenters. The summed E-state index contributed by atoms with van der Waals surface area (Å²) >= 11 is 0. The lowest BCUT2D eigenvalue weighted by atomic mass is 10.1. The highest BCUT2D eigenvalue weighted by molar-refractivity contribution is 5.23. The highest BCUT2D eigenvalue weighted by Crippen LogP contribution is 2.21. The maximum absolute atomic E-state index is 10.5. The normalized spacial score (nSPS) is 12.1. The average Bonchev–Trinajstić information content (AvgIpc) is 3.03. The van der Waals surface area contributed by atoms with Gasteiger partial charge in [0.1, 0.15) is 11.9 Å². The molecule has 0 unspecified atom stereocenters. The number of nitrogens with zero attached hydrogens (tertiary/aromatic N) is 3. The molecule has 3 rings (SSSR count). The van der Waals surface area contributed by atoms with E-state index in [2.05, 4.69) is 9.97 Å². The van der Waals surface area contributed by atoms with Crippen molar-refractivity contribution in [1.82, 2.24) is 14.5 Å². The molecule has 0 radical (unpaired) electrons. The van der Waals surface area contributed by atoms with Gasteiger partial charge in [-0.2, -0.15) is 0 Å². The van der Waals surface area contributed by atoms with Crippen molar-refractivity contribution in [3.05, 3.63) is 78.0 Å². The number of methoxy groups -OCH3 is 1. The first-order valence-corrected chi connectivity index (χ1v) is 7.02. The van der Waals surface area contributed by atoms with Crippen LogP contribution in [-0.2, 0) is 6.54 Å². The highest BCUT2D eigenvalue weighted by atomic mass is 16.5. The summed E-state index contributed by atoms with van der Waals surface area (Å²) in [6.07, 6.45) is 2.76. The standard InChI is InChI=1S/C17H17N3O2/c1-22-15-9-5-8-14(19-15)12-20-11-10-18-17(20)16(21)13-6-3-2-4-7-13/h2-11,16,21H,12H2,1H3/t16-/m0/s1. The molecule has 0 bridgehead atoms. The van der Waals surface area contributed by atoms with Gasteiger partial charge >= 0.3 is 0 Å². The lowest BCUT2D eigenvalue weighted by molar-refractivity contribution is 0.205. The fraction of sp³-hybridized carbons (Fsp3) is 0.176. The van der Waals surface area contributed by atoms with Gasteiger partial charge in [-0.25, -0.2) is 9.97 Å². The third-order valence-electron chi connectivity index (χ3n) is 3.43. The van der Waals surface area contributed by atoms with Crippen LogP contribution in [0.5, 0.6) is 5.88 Å². The fourth-order valence-corrected chi connectivity index (χ4v) is 2.32. The maximum atomic E-state index is 10.5. The molecule has 0 aliphatic rings. The van der Waals surface area contributed by atoms with Crippen LogP contribution < -0.4 is 4.74 Å². The molecule has 5 heteroatoms. The quantitative estimate of drug-likeness (QED) is 0.785. The van der Waals surface area contributed by atoms with Gasteiger partial charge in [0, 0.05) is 18.5 Å². The van der Waals surface area contributed by atoms with Gasteiger partial charge in [-0.15, -0.1) is 0 Å². The lowest BCUT2D eigenvalue weighted by Gasteiger charge is -2.13. The zero-order chi connectivity index (χ0) is 15.4. The predicted octanol–water partition coefficient (Wildman–Crippen LogP) is 2.42. The monoisotopic (exact) mass is 295 g/mol. The van der Waals surface area contributed by atoms with Crippen LogP contribution >= 0.6 is 0 Å². The molecule has 0 fully saturated rings. The summed E-state index contributed by atoms with van der Waals surface area (Å²) in [6.45, 7) is 0.524. The maximum Gasteiger partial charge on any atom is 0.213 e. The van der Waals surface area contributed by atoms with E-state index in [1.807, 2.05) is 53.2 Å². The molecule has 0 saturated carbocycles. The van der Waals surface area contributed by atoms with Crippen LogP contribution in [0.1, 0.15) is 23.2 Å². The number of aliphatic hydroxyl groups excluding tert-OH is 1. The van der Waals surface area contributed by atoms with E-state index in [0.29, 0.717) is 18.2 Å². The van der Waals surface area contributed by atoms with Gasteiger partial charge in [-0.3, -0.25) is 0 Å². The van der Waals surface area contributed by atoms with Crippen molar-refractivity contribution in [2.24, 2.45) is 0 Å². The second kappa shape index (κ2) is 6.41. The molecule has 22 heavy (non-hydrogen) atoms. The van der Waals surface area contributed by atoms with Gasteiger partial charge in [0.15, 0.2) is 0 Å². The Kier molecular flexibility index (Phi) is 4.16. The van der Waals surface area contributed by atoms with Crippen molar-refractivity contribution in [3.8, 4) is 5.88 Å². The minimum absolute atomic E-state index is 0.524. The second-order valence-corrected chi connectivity index (χ2v) is 4.90. The number of aromatic nitrogens is 3. The number of hydrogen-bond acceptors (Lipinski definition) is 4. The summed E-state index contributed by atoms with van der Waals surface area (Å²) < 4.78 is 7.02. The number of pyridine rings is 1. The Morgan fingerprint density at radius 1 is 1.14 bits per heavy atom. The zero-order valence-corrected chi connectivity index (χ0v) is 12.3. The van der Waals surface area contributed by atoms with E-state index in [0.717, 1.165) is 11.3 Å². The third-order valence-corrected chi connectivity index (χ3v) is 3.43. The molecular weight excluding hydrogens is 278 g/mol. The number of imidazole rings is 1. The van der Waals surface area contributed by atoms with Crippen molar-refractivity contribution in [2.75, 3.05) is 7.11 Å². The molecule has 112 valence electrons. The van der Waals surface area contributed by atoms with Crippen molar-refractivity contribution >= 4 is 0 Å². The number of ether oxygens (including phenoxy) is 1. The summed E-state index contributed by atoms with van der Waals surface area (Å²) in [5, 5.41) is 10.5. The molecule has 1 aromatic carbocycles. The molecule has 0 saturated heterocycles. The summed E-state index contributed by atoms with van der Waals surface area (Å²) in [5.41, 5.74) is 1.66. The minimum atomic E-state index is -0.762.